The Labute approximate surface area is 90.2 Å². The van der Waals surface area contributed by atoms with Gasteiger partial charge in [0.15, 0.2) is 0 Å². The highest BCUT2D eigenvalue weighted by Crippen LogP contribution is 2.24. The van der Waals surface area contributed by atoms with Gasteiger partial charge in [-0.2, -0.15) is 0 Å². The molecule has 0 bridgehead atoms. The van der Waals surface area contributed by atoms with E-state index in [1.54, 1.807) is 0 Å². The molecule has 1 fully saturated rings. The second-order valence-electron chi connectivity index (χ2n) is 4.15. The lowest BCUT2D eigenvalue weighted by molar-refractivity contribution is -0.164. The van der Waals surface area contributed by atoms with Gasteiger partial charge >= 0.3 is 5.97 Å². The fourth-order valence-electron chi connectivity index (χ4n) is 1.79. The average Bonchev–Trinajstić information content (AvgIpc) is 2.12. The summed E-state index contributed by atoms with van der Waals surface area (Å²) in [5.41, 5.74) is -0.283. The SMILES string of the molecule is C#CCCCN1CC(C)(OCC(=O)O)C1. The molecule has 15 heavy (non-hydrogen) atoms. The molecule has 0 amide bonds. The summed E-state index contributed by atoms with van der Waals surface area (Å²) >= 11 is 0. The van der Waals surface area contributed by atoms with E-state index in [0.29, 0.717) is 0 Å². The van der Waals surface area contributed by atoms with Gasteiger partial charge < -0.3 is 9.84 Å². The van der Waals surface area contributed by atoms with Gasteiger partial charge in [0.2, 0.25) is 0 Å². The van der Waals surface area contributed by atoms with Gasteiger partial charge in [-0.15, -0.1) is 12.3 Å². The quantitative estimate of drug-likeness (QED) is 0.515. The van der Waals surface area contributed by atoms with Gasteiger partial charge in [0, 0.05) is 19.5 Å². The first-order valence-electron chi connectivity index (χ1n) is 5.07. The van der Waals surface area contributed by atoms with Crippen LogP contribution < -0.4 is 0 Å². The summed E-state index contributed by atoms with van der Waals surface area (Å²) in [6.45, 7) is 4.29. The van der Waals surface area contributed by atoms with E-state index in [2.05, 4.69) is 10.8 Å². The number of carbonyl (C=O) groups is 1. The molecule has 1 aliphatic rings. The van der Waals surface area contributed by atoms with E-state index in [9.17, 15) is 4.79 Å². The van der Waals surface area contributed by atoms with Crippen molar-refractivity contribution in [3.63, 3.8) is 0 Å². The summed E-state index contributed by atoms with van der Waals surface area (Å²) in [6.07, 6.45) is 6.94. The van der Waals surface area contributed by atoms with Gasteiger partial charge in [0.1, 0.15) is 6.61 Å². The minimum absolute atomic E-state index is 0.214. The molecule has 4 heteroatoms. The van der Waals surface area contributed by atoms with Crippen molar-refractivity contribution in [1.29, 1.82) is 0 Å². The molecule has 0 saturated carbocycles. The van der Waals surface area contributed by atoms with E-state index in [-0.39, 0.29) is 12.2 Å². The van der Waals surface area contributed by atoms with Crippen LogP contribution in [0.2, 0.25) is 0 Å². The molecule has 1 aliphatic heterocycles. The largest absolute Gasteiger partial charge is 0.480 e. The lowest BCUT2D eigenvalue weighted by atomic mass is 9.96. The van der Waals surface area contributed by atoms with Crippen LogP contribution in [0, 0.1) is 12.3 Å². The number of likely N-dealkylation sites (tertiary alicyclic amines) is 1. The molecule has 0 spiro atoms. The second-order valence-corrected chi connectivity index (χ2v) is 4.15. The zero-order chi connectivity index (χ0) is 11.3. The Morgan fingerprint density at radius 1 is 1.67 bits per heavy atom. The van der Waals surface area contributed by atoms with E-state index in [4.69, 9.17) is 16.3 Å². The molecule has 1 saturated heterocycles. The Bertz CT molecular complexity index is 263. The maximum atomic E-state index is 10.3. The van der Waals surface area contributed by atoms with Crippen molar-refractivity contribution < 1.29 is 14.6 Å². The number of ether oxygens (including phenoxy) is 1. The third-order valence-corrected chi connectivity index (χ3v) is 2.46. The molecular weight excluding hydrogens is 194 g/mol. The summed E-state index contributed by atoms with van der Waals surface area (Å²) in [6, 6.07) is 0. The standard InChI is InChI=1S/C11H17NO3/c1-3-4-5-6-12-8-11(2,9-12)15-7-10(13)14/h1H,4-9H2,2H3,(H,13,14). The molecule has 0 unspecified atom stereocenters. The van der Waals surface area contributed by atoms with Crippen molar-refractivity contribution in [3.05, 3.63) is 0 Å². The maximum Gasteiger partial charge on any atom is 0.329 e. The molecule has 84 valence electrons. The fraction of sp³-hybridized carbons (Fsp3) is 0.727. The molecule has 1 rings (SSSR count). The van der Waals surface area contributed by atoms with Crippen LogP contribution in [0.3, 0.4) is 0 Å². The summed E-state index contributed by atoms with van der Waals surface area (Å²) < 4.78 is 5.28. The predicted octanol–water partition coefficient (Wildman–Crippen LogP) is 0.575. The topological polar surface area (TPSA) is 49.8 Å². The first-order chi connectivity index (χ1) is 7.06. The van der Waals surface area contributed by atoms with Gasteiger partial charge in [0.25, 0.3) is 0 Å². The van der Waals surface area contributed by atoms with Crippen LogP contribution >= 0.6 is 0 Å². The Kier molecular flexibility index (Phi) is 4.13. The van der Waals surface area contributed by atoms with Crippen LogP contribution in [-0.4, -0.2) is 47.8 Å². The molecule has 0 aliphatic carbocycles. The Balaban J connectivity index is 2.12. The molecular formula is C11H17NO3. The number of terminal acetylenes is 1. The van der Waals surface area contributed by atoms with E-state index in [1.165, 1.54) is 0 Å². The highest BCUT2D eigenvalue weighted by atomic mass is 16.5. The smallest absolute Gasteiger partial charge is 0.329 e. The lowest BCUT2D eigenvalue weighted by Crippen LogP contribution is -2.61. The van der Waals surface area contributed by atoms with Gasteiger partial charge in [-0.3, -0.25) is 4.90 Å². The van der Waals surface area contributed by atoms with Gasteiger partial charge in [0.05, 0.1) is 5.60 Å². The number of aliphatic carboxylic acids is 1. The van der Waals surface area contributed by atoms with Crippen LogP contribution in [-0.2, 0) is 9.53 Å². The minimum atomic E-state index is -0.915. The van der Waals surface area contributed by atoms with Gasteiger partial charge in [-0.25, -0.2) is 4.79 Å². The van der Waals surface area contributed by atoms with Crippen molar-refractivity contribution in [3.8, 4) is 12.3 Å². The monoisotopic (exact) mass is 211 g/mol. The van der Waals surface area contributed by atoms with Gasteiger partial charge in [-0.05, 0) is 19.9 Å². The number of hydrogen-bond donors (Lipinski definition) is 1. The Morgan fingerprint density at radius 2 is 2.33 bits per heavy atom. The molecule has 1 N–H and O–H groups in total. The number of unbranched alkanes of at least 4 members (excludes halogenated alkanes) is 1. The van der Waals surface area contributed by atoms with E-state index >= 15 is 0 Å². The van der Waals surface area contributed by atoms with E-state index in [1.807, 2.05) is 6.92 Å². The number of carboxylic acid groups (broad SMARTS) is 1. The normalized spacial score (nSPS) is 19.2. The maximum absolute atomic E-state index is 10.3. The molecule has 0 aromatic carbocycles. The molecule has 0 atom stereocenters. The van der Waals surface area contributed by atoms with Crippen LogP contribution in [0.15, 0.2) is 0 Å². The predicted molar refractivity (Wildman–Crippen MR) is 56.5 cm³/mol. The third-order valence-electron chi connectivity index (χ3n) is 2.46. The number of hydrogen-bond acceptors (Lipinski definition) is 3. The first kappa shape index (κ1) is 12.0. The zero-order valence-electron chi connectivity index (χ0n) is 9.03. The molecule has 0 radical (unpaired) electrons. The number of rotatable bonds is 6. The number of carboxylic acids is 1. The van der Waals surface area contributed by atoms with Crippen LogP contribution in [0.4, 0.5) is 0 Å². The third kappa shape index (κ3) is 3.90. The molecule has 4 nitrogen and oxygen atoms in total. The Hall–Kier alpha value is -1.05. The van der Waals surface area contributed by atoms with Crippen molar-refractivity contribution >= 4 is 5.97 Å². The van der Waals surface area contributed by atoms with Crippen molar-refractivity contribution in [2.45, 2.75) is 25.4 Å². The highest BCUT2D eigenvalue weighted by molar-refractivity contribution is 5.68. The van der Waals surface area contributed by atoms with Crippen LogP contribution in [0.5, 0.6) is 0 Å². The van der Waals surface area contributed by atoms with Crippen LogP contribution in [0.25, 0.3) is 0 Å². The summed E-state index contributed by atoms with van der Waals surface area (Å²) in [5.74, 6) is 1.68. The second kappa shape index (κ2) is 5.15. The minimum Gasteiger partial charge on any atom is -0.480 e. The summed E-state index contributed by atoms with van der Waals surface area (Å²) in [5, 5.41) is 8.47. The van der Waals surface area contributed by atoms with Crippen molar-refractivity contribution in [2.75, 3.05) is 26.2 Å². The molecule has 1 heterocycles. The number of nitrogens with zero attached hydrogens (tertiary/aromatic N) is 1. The Morgan fingerprint density at radius 3 is 2.87 bits per heavy atom. The van der Waals surface area contributed by atoms with Crippen molar-refractivity contribution in [1.82, 2.24) is 4.90 Å². The summed E-state index contributed by atoms with van der Waals surface area (Å²) in [7, 11) is 0. The van der Waals surface area contributed by atoms with Crippen molar-refractivity contribution in [2.24, 2.45) is 0 Å². The fourth-order valence-corrected chi connectivity index (χ4v) is 1.79. The zero-order valence-corrected chi connectivity index (χ0v) is 9.03. The van der Waals surface area contributed by atoms with Gasteiger partial charge in [-0.1, -0.05) is 0 Å². The highest BCUT2D eigenvalue weighted by Gasteiger charge is 2.39. The molecule has 0 aromatic heterocycles. The van der Waals surface area contributed by atoms with E-state index < -0.39 is 5.97 Å². The lowest BCUT2D eigenvalue weighted by Gasteiger charge is -2.47. The van der Waals surface area contributed by atoms with E-state index in [0.717, 1.165) is 32.5 Å². The summed E-state index contributed by atoms with van der Waals surface area (Å²) in [4.78, 5) is 12.5. The molecule has 0 aromatic rings. The van der Waals surface area contributed by atoms with Crippen LogP contribution in [0.1, 0.15) is 19.8 Å². The first-order valence-corrected chi connectivity index (χ1v) is 5.07. The average molecular weight is 211 g/mol.